The Morgan fingerprint density at radius 3 is 2.57 bits per heavy atom. The highest BCUT2D eigenvalue weighted by Crippen LogP contribution is 2.44. The molecule has 2 N–H and O–H groups in total. The number of anilines is 1. The first-order chi connectivity index (χ1) is 9.92. The van der Waals surface area contributed by atoms with Crippen molar-refractivity contribution in [3.63, 3.8) is 0 Å². The van der Waals surface area contributed by atoms with Gasteiger partial charge >= 0.3 is 0 Å². The van der Waals surface area contributed by atoms with Gasteiger partial charge in [-0.2, -0.15) is 0 Å². The minimum Gasteiger partial charge on any atom is -0.349 e. The summed E-state index contributed by atoms with van der Waals surface area (Å²) in [5.41, 5.74) is 0.714. The van der Waals surface area contributed by atoms with Crippen LogP contribution in [0.5, 0.6) is 0 Å². The summed E-state index contributed by atoms with van der Waals surface area (Å²) in [6.45, 7) is 0. The van der Waals surface area contributed by atoms with Crippen LogP contribution in [-0.2, 0) is 10.0 Å². The van der Waals surface area contributed by atoms with E-state index in [1.54, 1.807) is 24.3 Å². The Hall–Kier alpha value is -1.56. The molecule has 1 amide bonds. The number of para-hydroxylation sites is 1. The van der Waals surface area contributed by atoms with Gasteiger partial charge in [0.15, 0.2) is 0 Å². The fourth-order valence-corrected chi connectivity index (χ4v) is 4.21. The van der Waals surface area contributed by atoms with Gasteiger partial charge in [-0.15, -0.1) is 0 Å². The Labute approximate surface area is 125 Å². The van der Waals surface area contributed by atoms with Crippen LogP contribution in [0.1, 0.15) is 36.0 Å². The summed E-state index contributed by atoms with van der Waals surface area (Å²) in [5.74, 6) is 1.15. The van der Waals surface area contributed by atoms with Crippen molar-refractivity contribution < 1.29 is 13.2 Å². The van der Waals surface area contributed by atoms with E-state index in [0.29, 0.717) is 17.2 Å². The molecule has 3 rings (SSSR count). The van der Waals surface area contributed by atoms with Crippen LogP contribution in [0, 0.1) is 11.8 Å². The Bertz CT molecular complexity index is 657. The molecule has 3 atom stereocenters. The minimum atomic E-state index is -3.40. The van der Waals surface area contributed by atoms with Crippen LogP contribution >= 0.6 is 0 Å². The lowest BCUT2D eigenvalue weighted by Crippen LogP contribution is -2.38. The molecule has 21 heavy (non-hydrogen) atoms. The molecule has 0 radical (unpaired) electrons. The van der Waals surface area contributed by atoms with Crippen LogP contribution in [0.25, 0.3) is 0 Å². The first-order valence-corrected chi connectivity index (χ1v) is 9.19. The molecule has 1 aromatic rings. The molecule has 2 aliphatic rings. The Balaban J connectivity index is 1.75. The third-order valence-corrected chi connectivity index (χ3v) is 5.11. The molecule has 0 aliphatic heterocycles. The van der Waals surface area contributed by atoms with Crippen molar-refractivity contribution in [1.29, 1.82) is 0 Å². The molecule has 0 spiro atoms. The lowest BCUT2D eigenvalue weighted by molar-refractivity contribution is 0.0924. The van der Waals surface area contributed by atoms with Crippen molar-refractivity contribution in [3.8, 4) is 0 Å². The summed E-state index contributed by atoms with van der Waals surface area (Å²) in [7, 11) is -3.40. The van der Waals surface area contributed by atoms with Gasteiger partial charge in [-0.3, -0.25) is 9.52 Å². The van der Waals surface area contributed by atoms with Crippen molar-refractivity contribution in [1.82, 2.24) is 5.32 Å². The second kappa shape index (κ2) is 5.33. The molecular formula is C15H20N2O3S. The third kappa shape index (κ3) is 3.20. The van der Waals surface area contributed by atoms with E-state index in [-0.39, 0.29) is 11.9 Å². The molecule has 2 aliphatic carbocycles. The van der Waals surface area contributed by atoms with Crippen molar-refractivity contribution in [2.75, 3.05) is 11.0 Å². The van der Waals surface area contributed by atoms with Gasteiger partial charge in [0.25, 0.3) is 5.91 Å². The van der Waals surface area contributed by atoms with Gasteiger partial charge in [-0.1, -0.05) is 18.6 Å². The summed E-state index contributed by atoms with van der Waals surface area (Å²) in [6.07, 6.45) is 5.83. The summed E-state index contributed by atoms with van der Waals surface area (Å²) in [5, 5.41) is 3.08. The Kier molecular flexibility index (Phi) is 3.65. The van der Waals surface area contributed by atoms with E-state index < -0.39 is 10.0 Å². The Morgan fingerprint density at radius 1 is 1.19 bits per heavy atom. The van der Waals surface area contributed by atoms with E-state index in [2.05, 4.69) is 10.0 Å². The van der Waals surface area contributed by atoms with Gasteiger partial charge in [0.05, 0.1) is 17.5 Å². The molecule has 0 saturated heterocycles. The van der Waals surface area contributed by atoms with Crippen LogP contribution in [0.3, 0.4) is 0 Å². The van der Waals surface area contributed by atoms with E-state index in [1.807, 2.05) is 0 Å². The van der Waals surface area contributed by atoms with E-state index in [0.717, 1.165) is 18.6 Å². The average molecular weight is 308 g/mol. The van der Waals surface area contributed by atoms with E-state index >= 15 is 0 Å². The van der Waals surface area contributed by atoms with Crippen LogP contribution in [-0.4, -0.2) is 26.6 Å². The molecule has 5 nitrogen and oxygen atoms in total. The number of fused-ring (bicyclic) bond motifs is 2. The predicted molar refractivity (Wildman–Crippen MR) is 81.6 cm³/mol. The van der Waals surface area contributed by atoms with Gasteiger partial charge in [0, 0.05) is 6.04 Å². The Morgan fingerprint density at radius 2 is 1.95 bits per heavy atom. The number of amides is 1. The number of sulfonamides is 1. The molecule has 114 valence electrons. The standard InChI is InChI=1S/C15H20N2O3S/c1-21(19,20)17-13-5-3-2-4-12(13)15(18)16-14-9-10-6-7-11(14)8-10/h2-5,10-11,14,17H,6-9H2,1H3,(H,16,18)/t10-,11-,14+/m0/s1. The number of benzene rings is 1. The van der Waals surface area contributed by atoms with Crippen LogP contribution in [0.2, 0.25) is 0 Å². The van der Waals surface area contributed by atoms with Crippen LogP contribution in [0.4, 0.5) is 5.69 Å². The molecule has 0 aromatic heterocycles. The van der Waals surface area contributed by atoms with Gasteiger partial charge in [-0.05, 0) is 43.2 Å². The zero-order chi connectivity index (χ0) is 15.0. The van der Waals surface area contributed by atoms with Crippen molar-refractivity contribution >= 4 is 21.6 Å². The SMILES string of the molecule is CS(=O)(=O)Nc1ccccc1C(=O)N[C@@H]1C[C@H]2CC[C@H]1C2. The summed E-state index contributed by atoms with van der Waals surface area (Å²) in [4.78, 5) is 12.4. The second-order valence-electron chi connectivity index (χ2n) is 6.17. The van der Waals surface area contributed by atoms with Gasteiger partial charge in [-0.25, -0.2) is 8.42 Å². The second-order valence-corrected chi connectivity index (χ2v) is 7.92. The summed E-state index contributed by atoms with van der Waals surface area (Å²) < 4.78 is 25.2. The smallest absolute Gasteiger partial charge is 0.253 e. The maximum atomic E-state index is 12.4. The molecule has 2 bridgehead atoms. The van der Waals surface area contributed by atoms with Gasteiger partial charge < -0.3 is 5.32 Å². The molecule has 0 unspecified atom stereocenters. The monoisotopic (exact) mass is 308 g/mol. The highest BCUT2D eigenvalue weighted by Gasteiger charge is 2.40. The largest absolute Gasteiger partial charge is 0.349 e. The number of nitrogens with one attached hydrogen (secondary N) is 2. The quantitative estimate of drug-likeness (QED) is 0.893. The number of rotatable bonds is 4. The molecule has 0 heterocycles. The third-order valence-electron chi connectivity index (χ3n) is 4.52. The topological polar surface area (TPSA) is 75.3 Å². The summed E-state index contributed by atoms with van der Waals surface area (Å²) >= 11 is 0. The van der Waals surface area contributed by atoms with Crippen LogP contribution in [0.15, 0.2) is 24.3 Å². The summed E-state index contributed by atoms with van der Waals surface area (Å²) in [6, 6.07) is 6.94. The zero-order valence-electron chi connectivity index (χ0n) is 12.0. The molecular weight excluding hydrogens is 288 g/mol. The van der Waals surface area contributed by atoms with Crippen molar-refractivity contribution in [2.24, 2.45) is 11.8 Å². The van der Waals surface area contributed by atoms with Crippen molar-refractivity contribution in [2.45, 2.75) is 31.7 Å². The lowest BCUT2D eigenvalue weighted by Gasteiger charge is -2.23. The highest BCUT2D eigenvalue weighted by atomic mass is 32.2. The molecule has 2 fully saturated rings. The number of carbonyl (C=O) groups excluding carboxylic acids is 1. The normalized spacial score (nSPS) is 27.6. The molecule has 6 heteroatoms. The first-order valence-electron chi connectivity index (χ1n) is 7.30. The maximum absolute atomic E-state index is 12.4. The zero-order valence-corrected chi connectivity index (χ0v) is 12.8. The van der Waals surface area contributed by atoms with Gasteiger partial charge in [0.1, 0.15) is 0 Å². The van der Waals surface area contributed by atoms with E-state index in [9.17, 15) is 13.2 Å². The lowest BCUT2D eigenvalue weighted by atomic mass is 9.95. The number of hydrogen-bond acceptors (Lipinski definition) is 3. The molecule has 1 aromatic carbocycles. The van der Waals surface area contributed by atoms with Crippen LogP contribution < -0.4 is 10.0 Å². The molecule has 2 saturated carbocycles. The highest BCUT2D eigenvalue weighted by molar-refractivity contribution is 7.92. The predicted octanol–water partition coefficient (Wildman–Crippen LogP) is 1.98. The first kappa shape index (κ1) is 14.4. The maximum Gasteiger partial charge on any atom is 0.253 e. The van der Waals surface area contributed by atoms with E-state index in [1.165, 1.54) is 19.3 Å². The van der Waals surface area contributed by atoms with Crippen molar-refractivity contribution in [3.05, 3.63) is 29.8 Å². The minimum absolute atomic E-state index is 0.195. The average Bonchev–Trinajstić information content (AvgIpc) is 2.99. The van der Waals surface area contributed by atoms with E-state index in [4.69, 9.17) is 0 Å². The number of carbonyl (C=O) groups is 1. The fourth-order valence-electron chi connectivity index (χ4n) is 3.64. The number of hydrogen-bond donors (Lipinski definition) is 2. The van der Waals surface area contributed by atoms with Gasteiger partial charge in [0.2, 0.25) is 10.0 Å². The fraction of sp³-hybridized carbons (Fsp3) is 0.533.